The number of piperidine rings is 1. The molecule has 0 aliphatic carbocycles. The van der Waals surface area contributed by atoms with Gasteiger partial charge in [0.05, 0.1) is 0 Å². The topological polar surface area (TPSA) is 60.9 Å². The number of aliphatic hydroxyl groups excluding tert-OH is 1. The van der Waals surface area contributed by atoms with Gasteiger partial charge >= 0.3 is 0 Å². The molecule has 5 heteroatoms. The molecule has 2 amide bonds. The van der Waals surface area contributed by atoms with Gasteiger partial charge in [-0.2, -0.15) is 0 Å². The van der Waals surface area contributed by atoms with E-state index < -0.39 is 5.92 Å². The van der Waals surface area contributed by atoms with Crippen LogP contribution in [0.25, 0.3) is 0 Å². The first kappa shape index (κ1) is 17.9. The fourth-order valence-electron chi connectivity index (χ4n) is 4.21. The van der Waals surface area contributed by atoms with Crippen LogP contribution in [0.5, 0.6) is 0 Å². The average Bonchev–Trinajstić information content (AvgIpc) is 2.96. The number of benzene rings is 1. The van der Waals surface area contributed by atoms with E-state index in [1.165, 1.54) is 0 Å². The summed E-state index contributed by atoms with van der Waals surface area (Å²) in [4.78, 5) is 29.5. The van der Waals surface area contributed by atoms with Gasteiger partial charge < -0.3 is 14.9 Å². The molecule has 2 aliphatic rings. The fourth-order valence-corrected chi connectivity index (χ4v) is 4.21. The third-order valence-electron chi connectivity index (χ3n) is 5.39. The van der Waals surface area contributed by atoms with Gasteiger partial charge in [-0.1, -0.05) is 6.07 Å². The molecule has 2 aliphatic heterocycles. The number of likely N-dealkylation sites (tertiary alicyclic amines) is 1. The lowest BCUT2D eigenvalue weighted by Crippen LogP contribution is -2.48. The second-order valence-electron chi connectivity index (χ2n) is 7.37. The van der Waals surface area contributed by atoms with Gasteiger partial charge in [0.2, 0.25) is 11.8 Å². The van der Waals surface area contributed by atoms with E-state index in [2.05, 4.69) is 6.07 Å². The first-order valence-electron chi connectivity index (χ1n) is 9.32. The number of rotatable bonds is 4. The largest absolute Gasteiger partial charge is 0.396 e. The van der Waals surface area contributed by atoms with Crippen LogP contribution in [0, 0.1) is 19.8 Å². The van der Waals surface area contributed by atoms with Crippen molar-refractivity contribution in [3.8, 4) is 0 Å². The summed E-state index contributed by atoms with van der Waals surface area (Å²) in [5, 5.41) is 9.26. The Morgan fingerprint density at radius 2 is 1.84 bits per heavy atom. The maximum atomic E-state index is 13.0. The van der Waals surface area contributed by atoms with Crippen molar-refractivity contribution in [1.29, 1.82) is 0 Å². The number of aryl methyl sites for hydroxylation is 2. The number of nitrogens with zero attached hydrogens (tertiary/aromatic N) is 2. The van der Waals surface area contributed by atoms with Crippen LogP contribution in [0.2, 0.25) is 0 Å². The van der Waals surface area contributed by atoms with Crippen molar-refractivity contribution in [2.24, 2.45) is 5.92 Å². The van der Waals surface area contributed by atoms with Gasteiger partial charge in [-0.3, -0.25) is 9.59 Å². The van der Waals surface area contributed by atoms with Crippen LogP contribution >= 0.6 is 0 Å². The number of amides is 2. The SMILES string of the molecule is Cc1cc(C)cc(N2CCC(C(=O)N3CCCCC3CCO)C2=O)c1. The molecule has 0 radical (unpaired) electrons. The zero-order chi connectivity index (χ0) is 18.0. The predicted octanol–water partition coefficient (Wildman–Crippen LogP) is 2.42. The van der Waals surface area contributed by atoms with Crippen LogP contribution in [-0.2, 0) is 9.59 Å². The molecule has 1 aromatic rings. The highest BCUT2D eigenvalue weighted by molar-refractivity contribution is 6.09. The summed E-state index contributed by atoms with van der Waals surface area (Å²) in [5.74, 6) is -0.696. The van der Waals surface area contributed by atoms with Gasteiger partial charge in [-0.05, 0) is 69.2 Å². The Balaban J connectivity index is 1.75. The third-order valence-corrected chi connectivity index (χ3v) is 5.39. The second-order valence-corrected chi connectivity index (χ2v) is 7.37. The number of anilines is 1. The molecule has 0 aromatic heterocycles. The van der Waals surface area contributed by atoms with Crippen molar-refractivity contribution >= 4 is 17.5 Å². The van der Waals surface area contributed by atoms with Crippen molar-refractivity contribution in [2.75, 3.05) is 24.6 Å². The fraction of sp³-hybridized carbons (Fsp3) is 0.600. The van der Waals surface area contributed by atoms with Crippen molar-refractivity contribution < 1.29 is 14.7 Å². The molecule has 3 rings (SSSR count). The summed E-state index contributed by atoms with van der Waals surface area (Å²) in [6.45, 7) is 5.43. The van der Waals surface area contributed by atoms with Crippen LogP contribution in [0.4, 0.5) is 5.69 Å². The molecule has 1 aromatic carbocycles. The Morgan fingerprint density at radius 1 is 1.12 bits per heavy atom. The molecule has 0 saturated carbocycles. The summed E-state index contributed by atoms with van der Waals surface area (Å²) in [6, 6.07) is 6.18. The molecule has 0 bridgehead atoms. The molecular formula is C20H28N2O3. The van der Waals surface area contributed by atoms with E-state index in [0.29, 0.717) is 25.9 Å². The standard InChI is InChI=1S/C20H28N2O3/c1-14-11-15(2)13-17(12-14)22-9-6-18(20(22)25)19(24)21-8-4-3-5-16(21)7-10-23/h11-13,16,18,23H,3-10H2,1-2H3. The zero-order valence-corrected chi connectivity index (χ0v) is 15.2. The van der Waals surface area contributed by atoms with Crippen molar-refractivity contribution in [1.82, 2.24) is 4.90 Å². The number of hydrogen-bond acceptors (Lipinski definition) is 3. The van der Waals surface area contributed by atoms with Gasteiger partial charge in [0.15, 0.2) is 0 Å². The average molecular weight is 344 g/mol. The highest BCUT2D eigenvalue weighted by Crippen LogP contribution is 2.30. The van der Waals surface area contributed by atoms with E-state index in [1.54, 1.807) is 4.90 Å². The van der Waals surface area contributed by atoms with Crippen molar-refractivity contribution in [3.05, 3.63) is 29.3 Å². The molecule has 2 fully saturated rings. The Labute approximate surface area is 149 Å². The summed E-state index contributed by atoms with van der Waals surface area (Å²) in [5.41, 5.74) is 3.14. The molecule has 2 saturated heterocycles. The van der Waals surface area contributed by atoms with E-state index >= 15 is 0 Å². The highest BCUT2D eigenvalue weighted by atomic mass is 16.3. The molecule has 136 valence electrons. The lowest BCUT2D eigenvalue weighted by Gasteiger charge is -2.36. The smallest absolute Gasteiger partial charge is 0.239 e. The Hall–Kier alpha value is -1.88. The summed E-state index contributed by atoms with van der Waals surface area (Å²) >= 11 is 0. The van der Waals surface area contributed by atoms with Gasteiger partial charge in [-0.25, -0.2) is 0 Å². The minimum absolute atomic E-state index is 0.0463. The molecule has 2 atom stereocenters. The highest BCUT2D eigenvalue weighted by Gasteiger charge is 2.41. The monoisotopic (exact) mass is 344 g/mol. The van der Waals surface area contributed by atoms with Crippen LogP contribution in [0.1, 0.15) is 43.2 Å². The maximum Gasteiger partial charge on any atom is 0.239 e. The minimum atomic E-state index is -0.569. The second kappa shape index (κ2) is 7.56. The van der Waals surface area contributed by atoms with Crippen LogP contribution in [-0.4, -0.2) is 47.6 Å². The lowest BCUT2D eigenvalue weighted by molar-refractivity contribution is -0.143. The van der Waals surface area contributed by atoms with Crippen molar-refractivity contribution in [2.45, 2.75) is 52.0 Å². The molecular weight excluding hydrogens is 316 g/mol. The molecule has 0 spiro atoms. The summed E-state index contributed by atoms with van der Waals surface area (Å²) in [6.07, 6.45) is 4.17. The van der Waals surface area contributed by atoms with Crippen LogP contribution < -0.4 is 4.90 Å². The Kier molecular flexibility index (Phi) is 5.42. The Bertz CT molecular complexity index is 636. The van der Waals surface area contributed by atoms with Crippen LogP contribution in [0.3, 0.4) is 0 Å². The lowest BCUT2D eigenvalue weighted by atomic mass is 9.96. The summed E-state index contributed by atoms with van der Waals surface area (Å²) < 4.78 is 0. The number of carbonyl (C=O) groups excluding carboxylic acids is 2. The van der Waals surface area contributed by atoms with Gasteiger partial charge in [0.25, 0.3) is 0 Å². The zero-order valence-electron chi connectivity index (χ0n) is 15.2. The predicted molar refractivity (Wildman–Crippen MR) is 97.4 cm³/mol. The van der Waals surface area contributed by atoms with E-state index in [1.807, 2.05) is 30.9 Å². The van der Waals surface area contributed by atoms with E-state index in [9.17, 15) is 14.7 Å². The minimum Gasteiger partial charge on any atom is -0.396 e. The summed E-state index contributed by atoms with van der Waals surface area (Å²) in [7, 11) is 0. The number of aliphatic hydroxyl groups is 1. The van der Waals surface area contributed by atoms with Gasteiger partial charge in [-0.15, -0.1) is 0 Å². The molecule has 1 N–H and O–H groups in total. The van der Waals surface area contributed by atoms with E-state index in [4.69, 9.17) is 0 Å². The molecule has 2 heterocycles. The quantitative estimate of drug-likeness (QED) is 0.854. The van der Waals surface area contributed by atoms with Gasteiger partial charge in [0.1, 0.15) is 5.92 Å². The Morgan fingerprint density at radius 3 is 2.52 bits per heavy atom. The number of hydrogen-bond donors (Lipinski definition) is 1. The first-order chi connectivity index (χ1) is 12.0. The normalized spacial score (nSPS) is 24.0. The molecule has 2 unspecified atom stereocenters. The number of carbonyl (C=O) groups is 2. The van der Waals surface area contributed by atoms with Crippen LogP contribution in [0.15, 0.2) is 18.2 Å². The molecule has 25 heavy (non-hydrogen) atoms. The van der Waals surface area contributed by atoms with E-state index in [0.717, 1.165) is 36.1 Å². The van der Waals surface area contributed by atoms with Crippen molar-refractivity contribution in [3.63, 3.8) is 0 Å². The maximum absolute atomic E-state index is 13.0. The first-order valence-corrected chi connectivity index (χ1v) is 9.32. The molecule has 5 nitrogen and oxygen atoms in total. The van der Waals surface area contributed by atoms with Gasteiger partial charge in [0, 0.05) is 31.4 Å². The van der Waals surface area contributed by atoms with E-state index in [-0.39, 0.29) is 24.5 Å². The third kappa shape index (κ3) is 3.71.